The highest BCUT2D eigenvalue weighted by molar-refractivity contribution is 14.1. The van der Waals surface area contributed by atoms with Crippen molar-refractivity contribution in [2.75, 3.05) is 11.9 Å². The summed E-state index contributed by atoms with van der Waals surface area (Å²) in [7, 11) is 0. The average molecular weight is 355 g/mol. The normalized spacial score (nSPS) is 10.3. The maximum absolute atomic E-state index is 13.5. The summed E-state index contributed by atoms with van der Waals surface area (Å²) in [4.78, 5) is 4.17. The highest BCUT2D eigenvalue weighted by atomic mass is 127. The van der Waals surface area contributed by atoms with Gasteiger partial charge < -0.3 is 5.32 Å². The number of pyridine rings is 1. The van der Waals surface area contributed by atoms with Crippen molar-refractivity contribution in [3.8, 4) is 6.07 Å². The van der Waals surface area contributed by atoms with Crippen LogP contribution in [0.4, 0.5) is 10.1 Å². The van der Waals surface area contributed by atoms with E-state index in [1.807, 2.05) is 29.5 Å². The molecule has 0 spiro atoms. The Morgan fingerprint density at radius 1 is 1.50 bits per heavy atom. The third kappa shape index (κ3) is 2.25. The lowest BCUT2D eigenvalue weighted by molar-refractivity contribution is 0.622. The smallest absolute Gasteiger partial charge is 0.138 e. The number of nitrogens with zero attached hydrogens (tertiary/aromatic N) is 2. The molecule has 0 unspecified atom stereocenters. The zero-order chi connectivity index (χ0) is 13.1. The van der Waals surface area contributed by atoms with Crippen molar-refractivity contribution in [2.45, 2.75) is 13.3 Å². The van der Waals surface area contributed by atoms with Gasteiger partial charge in [-0.3, -0.25) is 4.98 Å². The second kappa shape index (κ2) is 5.48. The van der Waals surface area contributed by atoms with E-state index < -0.39 is 0 Å². The molecule has 3 nitrogen and oxygen atoms in total. The fourth-order valence-corrected chi connectivity index (χ4v) is 2.34. The molecule has 1 aromatic heterocycles. The van der Waals surface area contributed by atoms with Crippen LogP contribution in [0, 0.1) is 20.7 Å². The van der Waals surface area contributed by atoms with Crippen molar-refractivity contribution >= 4 is 39.2 Å². The molecule has 0 aliphatic rings. The predicted molar refractivity (Wildman–Crippen MR) is 77.9 cm³/mol. The van der Waals surface area contributed by atoms with Crippen LogP contribution in [-0.4, -0.2) is 11.5 Å². The Balaban J connectivity index is 2.70. The number of rotatable bonds is 3. The molecule has 0 radical (unpaired) electrons. The number of fused-ring (bicyclic) bond motifs is 1. The van der Waals surface area contributed by atoms with Crippen molar-refractivity contribution in [2.24, 2.45) is 0 Å². The van der Waals surface area contributed by atoms with Crippen molar-refractivity contribution in [1.82, 2.24) is 4.98 Å². The summed E-state index contributed by atoms with van der Waals surface area (Å²) in [5, 5.41) is 13.1. The Morgan fingerprint density at radius 3 is 2.94 bits per heavy atom. The molecule has 1 heterocycles. The van der Waals surface area contributed by atoms with Crippen molar-refractivity contribution in [1.29, 1.82) is 5.26 Å². The van der Waals surface area contributed by atoms with Crippen LogP contribution in [0.1, 0.15) is 18.9 Å². The number of hydrogen-bond donors (Lipinski definition) is 1. The molecule has 18 heavy (non-hydrogen) atoms. The summed E-state index contributed by atoms with van der Waals surface area (Å²) in [6, 6.07) is 5.18. The first-order valence-corrected chi connectivity index (χ1v) is 6.67. The first kappa shape index (κ1) is 13.0. The van der Waals surface area contributed by atoms with Crippen LogP contribution in [0.5, 0.6) is 0 Å². The maximum Gasteiger partial charge on any atom is 0.138 e. The van der Waals surface area contributed by atoms with Crippen LogP contribution in [-0.2, 0) is 0 Å². The van der Waals surface area contributed by atoms with E-state index >= 15 is 0 Å². The van der Waals surface area contributed by atoms with Gasteiger partial charge in [-0.25, -0.2) is 4.39 Å². The van der Waals surface area contributed by atoms with Crippen LogP contribution >= 0.6 is 22.6 Å². The number of hydrogen-bond acceptors (Lipinski definition) is 3. The van der Waals surface area contributed by atoms with Gasteiger partial charge in [-0.05, 0) is 41.1 Å². The Bertz CT molecular complexity index is 634. The number of nitrogens with one attached hydrogen (secondary N) is 1. The zero-order valence-electron chi connectivity index (χ0n) is 9.80. The Hall–Kier alpha value is -1.42. The molecule has 0 aliphatic heterocycles. The third-order valence-electron chi connectivity index (χ3n) is 2.60. The van der Waals surface area contributed by atoms with Gasteiger partial charge in [0.25, 0.3) is 0 Å². The Labute approximate surface area is 118 Å². The van der Waals surface area contributed by atoms with E-state index in [0.717, 1.165) is 24.0 Å². The molecule has 2 aromatic rings. The lowest BCUT2D eigenvalue weighted by Gasteiger charge is -2.11. The first-order chi connectivity index (χ1) is 8.69. The van der Waals surface area contributed by atoms with Gasteiger partial charge in [-0.2, -0.15) is 5.26 Å². The molecule has 1 aromatic carbocycles. The molecule has 1 N–H and O–H groups in total. The average Bonchev–Trinajstić information content (AvgIpc) is 2.40. The minimum atomic E-state index is -0.290. The third-order valence-corrected chi connectivity index (χ3v) is 3.63. The Morgan fingerprint density at radius 2 is 2.28 bits per heavy atom. The summed E-state index contributed by atoms with van der Waals surface area (Å²) in [5.41, 5.74) is 1.81. The van der Waals surface area contributed by atoms with E-state index in [-0.39, 0.29) is 5.82 Å². The largest absolute Gasteiger partial charge is 0.383 e. The number of anilines is 1. The van der Waals surface area contributed by atoms with Gasteiger partial charge in [0.2, 0.25) is 0 Å². The number of aromatic nitrogens is 1. The van der Waals surface area contributed by atoms with Crippen LogP contribution in [0.3, 0.4) is 0 Å². The quantitative estimate of drug-likeness (QED) is 0.855. The van der Waals surface area contributed by atoms with E-state index in [0.29, 0.717) is 14.7 Å². The SMILES string of the molecule is CCCNc1c(C#N)cnc2c(I)c(F)ccc12. The van der Waals surface area contributed by atoms with Gasteiger partial charge in [0.1, 0.15) is 11.9 Å². The number of benzene rings is 1. The van der Waals surface area contributed by atoms with Crippen LogP contribution in [0.25, 0.3) is 10.9 Å². The fourth-order valence-electron chi connectivity index (χ4n) is 1.73. The predicted octanol–water partition coefficient (Wildman–Crippen LogP) is 3.67. The summed E-state index contributed by atoms with van der Waals surface area (Å²) in [6.07, 6.45) is 2.44. The fraction of sp³-hybridized carbons (Fsp3) is 0.231. The highest BCUT2D eigenvalue weighted by Gasteiger charge is 2.12. The molecule has 0 bridgehead atoms. The molecule has 0 saturated heterocycles. The minimum Gasteiger partial charge on any atom is -0.383 e. The highest BCUT2D eigenvalue weighted by Crippen LogP contribution is 2.29. The van der Waals surface area contributed by atoms with Gasteiger partial charge in [0.05, 0.1) is 20.3 Å². The van der Waals surface area contributed by atoms with E-state index in [1.54, 1.807) is 6.07 Å². The van der Waals surface area contributed by atoms with Crippen LogP contribution in [0.2, 0.25) is 0 Å². The minimum absolute atomic E-state index is 0.290. The monoisotopic (exact) mass is 355 g/mol. The van der Waals surface area contributed by atoms with Gasteiger partial charge >= 0.3 is 0 Å². The molecule has 0 amide bonds. The number of halogens is 2. The van der Waals surface area contributed by atoms with E-state index in [2.05, 4.69) is 16.4 Å². The first-order valence-electron chi connectivity index (χ1n) is 5.59. The molecule has 0 atom stereocenters. The molecular weight excluding hydrogens is 344 g/mol. The number of nitriles is 1. The van der Waals surface area contributed by atoms with Crippen molar-refractivity contribution in [3.05, 3.63) is 33.3 Å². The summed E-state index contributed by atoms with van der Waals surface area (Å²) >= 11 is 1.93. The van der Waals surface area contributed by atoms with E-state index in [4.69, 9.17) is 5.26 Å². The molecule has 5 heteroatoms. The van der Waals surface area contributed by atoms with Gasteiger partial charge in [-0.1, -0.05) is 6.92 Å². The van der Waals surface area contributed by atoms with Crippen molar-refractivity contribution in [3.63, 3.8) is 0 Å². The van der Waals surface area contributed by atoms with Gasteiger partial charge in [0, 0.05) is 18.1 Å². The van der Waals surface area contributed by atoms with Gasteiger partial charge in [0.15, 0.2) is 0 Å². The summed E-state index contributed by atoms with van der Waals surface area (Å²) in [6.45, 7) is 2.81. The van der Waals surface area contributed by atoms with Crippen molar-refractivity contribution < 1.29 is 4.39 Å². The molecule has 0 aliphatic carbocycles. The maximum atomic E-state index is 13.5. The molecule has 2 rings (SSSR count). The molecule has 0 fully saturated rings. The Kier molecular flexibility index (Phi) is 3.97. The summed E-state index contributed by atoms with van der Waals surface area (Å²) in [5.74, 6) is -0.290. The van der Waals surface area contributed by atoms with E-state index in [9.17, 15) is 4.39 Å². The van der Waals surface area contributed by atoms with Gasteiger partial charge in [-0.15, -0.1) is 0 Å². The lowest BCUT2D eigenvalue weighted by Crippen LogP contribution is -2.04. The second-order valence-corrected chi connectivity index (χ2v) is 4.92. The molecule has 92 valence electrons. The van der Waals surface area contributed by atoms with Crippen LogP contribution < -0.4 is 5.32 Å². The molecular formula is C13H11FIN3. The standard InChI is InChI=1S/C13H11FIN3/c1-2-5-17-12-8(6-16)7-18-13-9(12)3-4-10(14)11(13)15/h3-4,7H,2,5H2,1H3,(H,17,18). The summed E-state index contributed by atoms with van der Waals surface area (Å²) < 4.78 is 14.0. The zero-order valence-corrected chi connectivity index (χ0v) is 12.0. The van der Waals surface area contributed by atoms with Crippen LogP contribution in [0.15, 0.2) is 18.3 Å². The topological polar surface area (TPSA) is 48.7 Å². The lowest BCUT2D eigenvalue weighted by atomic mass is 10.1. The van der Waals surface area contributed by atoms with E-state index in [1.165, 1.54) is 12.3 Å². The second-order valence-electron chi connectivity index (χ2n) is 3.84. The molecule has 0 saturated carbocycles.